The van der Waals surface area contributed by atoms with Crippen molar-refractivity contribution in [1.82, 2.24) is 0 Å². The highest BCUT2D eigenvalue weighted by Gasteiger charge is 2.73. The molecule has 29 heteroatoms. The highest BCUT2D eigenvalue weighted by atomic mass is 16.8. The van der Waals surface area contributed by atoms with Crippen LogP contribution in [0.15, 0.2) is 0 Å². The van der Waals surface area contributed by atoms with Crippen LogP contribution in [-0.2, 0) is 56.8 Å². The van der Waals surface area contributed by atoms with Crippen molar-refractivity contribution in [3.05, 3.63) is 0 Å². The van der Waals surface area contributed by atoms with Crippen LogP contribution in [0.1, 0.15) is 79.1 Å². The largest absolute Gasteiger partial charge is 0.394 e. The Morgan fingerprint density at radius 1 is 0.447 bits per heavy atom. The Morgan fingerprint density at radius 2 is 1.01 bits per heavy atom. The number of hydrogen-bond acceptors (Lipinski definition) is 29. The summed E-state index contributed by atoms with van der Waals surface area (Å²) in [6.45, 7) is 5.21. The van der Waals surface area contributed by atoms with E-state index >= 15 is 0 Å². The van der Waals surface area contributed by atoms with Crippen LogP contribution in [0, 0.1) is 52.3 Å². The van der Waals surface area contributed by atoms with E-state index in [4.69, 9.17) is 56.8 Å². The van der Waals surface area contributed by atoms with Gasteiger partial charge in [0.1, 0.15) is 116 Å². The minimum atomic E-state index is -2.21. The average Bonchev–Trinajstić information content (AvgIpc) is 1.59. The van der Waals surface area contributed by atoms with Gasteiger partial charge in [0.15, 0.2) is 37.2 Å². The lowest BCUT2D eigenvalue weighted by molar-refractivity contribution is -0.410. The predicted octanol–water partition coefficient (Wildman–Crippen LogP) is -6.50. The highest BCUT2D eigenvalue weighted by Crippen LogP contribution is 2.71. The molecule has 9 unspecified atom stereocenters. The molecule has 4 saturated carbocycles. The van der Waals surface area contributed by atoms with E-state index in [1.165, 1.54) is 0 Å². The van der Waals surface area contributed by atoms with Crippen LogP contribution in [0.5, 0.6) is 0 Å². The number of aliphatic hydroxyl groups excluding tert-OH is 17. The lowest BCUT2D eigenvalue weighted by atomic mass is 9.44. The summed E-state index contributed by atoms with van der Waals surface area (Å²) in [5.74, 6) is 0.388. The van der Waals surface area contributed by atoms with Gasteiger partial charge in [0.25, 0.3) is 0 Å². The molecule has 17 N–H and O–H groups in total. The van der Waals surface area contributed by atoms with Crippen LogP contribution in [0.4, 0.5) is 0 Å². The van der Waals surface area contributed by atoms with Crippen molar-refractivity contribution in [1.29, 1.82) is 0 Å². The maximum absolute atomic E-state index is 12.3. The summed E-state index contributed by atoms with van der Waals surface area (Å²) in [5.41, 5.74) is -0.531. The molecular weight excluding hydrogens is 1140 g/mol. The number of rotatable bonds is 14. The molecule has 85 heavy (non-hydrogen) atoms. The van der Waals surface area contributed by atoms with Gasteiger partial charge in [-0.05, 0) is 85.4 Å². The molecule has 0 aromatic carbocycles. The molecule has 1 spiro atoms. The fourth-order valence-corrected chi connectivity index (χ4v) is 17.4. The number of fused-ring (bicyclic) bond motifs is 7. The van der Waals surface area contributed by atoms with Gasteiger partial charge < -0.3 is 144 Å². The highest BCUT2D eigenvalue weighted by molar-refractivity contribution is 5.19. The molecule has 0 aromatic heterocycles. The molecule has 7 saturated heterocycles. The molecule has 7 aliphatic heterocycles. The molecular formula is C56H92O29. The molecule has 4 aliphatic carbocycles. The van der Waals surface area contributed by atoms with Crippen LogP contribution in [-0.4, -0.2) is 304 Å². The zero-order valence-corrected chi connectivity index (χ0v) is 48.1. The number of ether oxygens (including phenoxy) is 12. The van der Waals surface area contributed by atoms with Crippen LogP contribution >= 0.6 is 0 Å². The first kappa shape index (κ1) is 65.3. The van der Waals surface area contributed by atoms with Crippen molar-refractivity contribution < 1.29 is 144 Å². The SMILES string of the molecule is C[C@@H]1CC[C@@]2(OC1)O[C@H]1[C@@H](O)[C@H]3[C@@H]4CC[C@H]5C[C@@H](O[C@@H]6OC(CO)[C@H](O[C@@H]7OC(CO)[C@@H](O)[C@H](O[C@@H]8OC[C@@H](O)[C@H](O)C8O)C7O[C@@H]7OC(CO)[C@H](O)[C@H](O[C@@H]8OC(CO)[C@@H](O)[C@H](O)C8O)C7O)[C@H](O)C6O)[C@H](O)C[C@]5(C)[C@H]4CC[C@]3(C)[C@H]1[C@@H]2C. The van der Waals surface area contributed by atoms with E-state index in [0.29, 0.717) is 25.4 Å². The Hall–Kier alpha value is -1.16. The summed E-state index contributed by atoms with van der Waals surface area (Å²) in [6.07, 6.45) is -42.5. The van der Waals surface area contributed by atoms with Crippen LogP contribution in [0.25, 0.3) is 0 Å². The first-order chi connectivity index (χ1) is 40.3. The predicted molar refractivity (Wildman–Crippen MR) is 278 cm³/mol. The van der Waals surface area contributed by atoms with Crippen LogP contribution in [0.2, 0.25) is 0 Å². The molecule has 7 heterocycles. The Balaban J connectivity index is 0.797. The van der Waals surface area contributed by atoms with Gasteiger partial charge >= 0.3 is 0 Å². The number of hydrogen-bond donors (Lipinski definition) is 17. The van der Waals surface area contributed by atoms with E-state index in [-0.39, 0.29) is 52.4 Å². The minimum absolute atomic E-state index is 0.00749. The topological polar surface area (TPSA) is 455 Å². The fraction of sp³-hybridized carbons (Fsp3) is 1.00. The van der Waals surface area contributed by atoms with Gasteiger partial charge in [-0.1, -0.05) is 27.7 Å². The molecule has 38 atom stereocenters. The molecule has 0 amide bonds. The second-order valence-corrected chi connectivity index (χ2v) is 26.9. The maximum Gasteiger partial charge on any atom is 0.187 e. The molecule has 11 rings (SSSR count). The van der Waals surface area contributed by atoms with Gasteiger partial charge in [-0.25, -0.2) is 0 Å². The maximum atomic E-state index is 12.3. The number of aliphatic hydroxyl groups is 17. The summed E-state index contributed by atoms with van der Waals surface area (Å²) in [6, 6.07) is 0. The molecule has 0 radical (unpaired) electrons. The van der Waals surface area contributed by atoms with Crippen LogP contribution < -0.4 is 0 Å². The van der Waals surface area contributed by atoms with Crippen molar-refractivity contribution in [3.63, 3.8) is 0 Å². The van der Waals surface area contributed by atoms with Gasteiger partial charge in [-0.2, -0.15) is 0 Å². The van der Waals surface area contributed by atoms with E-state index in [0.717, 1.165) is 38.5 Å². The van der Waals surface area contributed by atoms with Crippen molar-refractivity contribution in [2.45, 2.75) is 257 Å². The summed E-state index contributed by atoms with van der Waals surface area (Å²) >= 11 is 0. The third-order valence-corrected chi connectivity index (χ3v) is 22.2. The molecule has 29 nitrogen and oxygen atoms in total. The first-order valence-electron chi connectivity index (χ1n) is 30.5. The van der Waals surface area contributed by atoms with Crippen molar-refractivity contribution in [3.8, 4) is 0 Å². The third kappa shape index (κ3) is 11.3. The Morgan fingerprint density at radius 3 is 1.67 bits per heavy atom. The summed E-state index contributed by atoms with van der Waals surface area (Å²) in [4.78, 5) is 0. The van der Waals surface area contributed by atoms with E-state index < -0.39 is 205 Å². The normalized spacial score (nSPS) is 58.1. The van der Waals surface area contributed by atoms with Gasteiger partial charge in [-0.15, -0.1) is 0 Å². The Bertz CT molecular complexity index is 2220. The summed E-state index contributed by atoms with van der Waals surface area (Å²) in [7, 11) is 0. The smallest absolute Gasteiger partial charge is 0.187 e. The Kier molecular flexibility index (Phi) is 19.5. The molecule has 11 fully saturated rings. The first-order valence-corrected chi connectivity index (χ1v) is 30.5. The van der Waals surface area contributed by atoms with Gasteiger partial charge in [0.2, 0.25) is 0 Å². The molecule has 0 aromatic rings. The average molecular weight is 1230 g/mol. The van der Waals surface area contributed by atoms with Gasteiger partial charge in [0, 0.05) is 18.3 Å². The Labute approximate surface area is 491 Å². The fourth-order valence-electron chi connectivity index (χ4n) is 17.4. The van der Waals surface area contributed by atoms with E-state index in [2.05, 4.69) is 27.7 Å². The van der Waals surface area contributed by atoms with Gasteiger partial charge in [0.05, 0.1) is 64.1 Å². The lowest BCUT2D eigenvalue weighted by Crippen LogP contribution is -2.69. The monoisotopic (exact) mass is 1230 g/mol. The van der Waals surface area contributed by atoms with E-state index in [9.17, 15) is 86.8 Å². The lowest BCUT2D eigenvalue weighted by Gasteiger charge is -2.62. The second kappa shape index (κ2) is 25.4. The standard InChI is InChI=1S/C56H92O29/c1-19-7-10-56(75-17-19)20(2)31-45(85-56)37(67)32-22-6-5-21-11-26(24(61)12-55(21,4)23(22)8-9-54(31,32)3)76-50-42(72)39(69)44(30(16-60)80-50)81-53-48(47(36(66)29(15-59)79-53)83-49-40(70)33(63)25(62)18-74-49)84-52-43(73)46(35(65)28(14-58)78-52)82-51-41(71)38(68)34(64)27(13-57)77-51/h19-53,57-73H,5-18H2,1-4H3/t19-,20+,21+,22-,23+,24-,25-,26-,27?,28?,29?,30?,31+,32-,33+,34-,35+,36-,37+,38+,39-,40?,41?,42?,43?,44+,45-,46+,47+,48?,49+,50-,51+,52+,53+,54-,55+,56-/m1/s1. The summed E-state index contributed by atoms with van der Waals surface area (Å²) in [5, 5.41) is 188. The second-order valence-electron chi connectivity index (χ2n) is 26.9. The molecule has 0 bridgehead atoms. The van der Waals surface area contributed by atoms with E-state index in [1.807, 2.05) is 0 Å². The van der Waals surface area contributed by atoms with Crippen molar-refractivity contribution >= 4 is 0 Å². The zero-order chi connectivity index (χ0) is 61.1. The molecule has 490 valence electrons. The quantitative estimate of drug-likeness (QED) is 0.0719. The third-order valence-electron chi connectivity index (χ3n) is 22.2. The van der Waals surface area contributed by atoms with Crippen molar-refractivity contribution in [2.24, 2.45) is 52.3 Å². The van der Waals surface area contributed by atoms with Crippen LogP contribution in [0.3, 0.4) is 0 Å². The van der Waals surface area contributed by atoms with E-state index in [1.54, 1.807) is 0 Å². The van der Waals surface area contributed by atoms with Crippen molar-refractivity contribution in [2.75, 3.05) is 39.6 Å². The van der Waals surface area contributed by atoms with Gasteiger partial charge in [-0.3, -0.25) is 0 Å². The minimum Gasteiger partial charge on any atom is -0.394 e. The summed E-state index contributed by atoms with van der Waals surface area (Å²) < 4.78 is 72.8. The molecule has 11 aliphatic rings. The zero-order valence-electron chi connectivity index (χ0n) is 48.1.